The molecule has 2 fully saturated rings. The first-order valence-electron chi connectivity index (χ1n) is 8.03. The maximum atomic E-state index is 12.7. The first-order chi connectivity index (χ1) is 10.7. The monoisotopic (exact) mass is 338 g/mol. The van der Waals surface area contributed by atoms with Crippen LogP contribution in [0.2, 0.25) is 5.02 Å². The smallest absolute Gasteiger partial charge is 0.255 e. The highest BCUT2D eigenvalue weighted by molar-refractivity contribution is 7.98. The highest BCUT2D eigenvalue weighted by Gasteiger charge is 2.27. The van der Waals surface area contributed by atoms with Gasteiger partial charge in [-0.05, 0) is 62.6 Å². The van der Waals surface area contributed by atoms with Crippen molar-refractivity contribution in [1.29, 1.82) is 0 Å². The molecule has 1 aliphatic carbocycles. The van der Waals surface area contributed by atoms with Crippen molar-refractivity contribution in [2.45, 2.75) is 36.6 Å². The van der Waals surface area contributed by atoms with Crippen molar-refractivity contribution >= 4 is 29.3 Å². The Morgan fingerprint density at radius 2 is 2.05 bits per heavy atom. The van der Waals surface area contributed by atoms with E-state index in [1.165, 1.54) is 12.8 Å². The molecule has 0 bridgehead atoms. The molecule has 0 aromatic heterocycles. The highest BCUT2D eigenvalue weighted by Crippen LogP contribution is 2.28. The lowest BCUT2D eigenvalue weighted by atomic mass is 10.0. The topological polar surface area (TPSA) is 32.3 Å². The molecular formula is C17H23ClN2OS. The van der Waals surface area contributed by atoms with Gasteiger partial charge in [-0.25, -0.2) is 0 Å². The van der Waals surface area contributed by atoms with Crippen molar-refractivity contribution in [3.8, 4) is 0 Å². The van der Waals surface area contributed by atoms with E-state index in [1.807, 2.05) is 29.4 Å². The Labute approximate surface area is 141 Å². The zero-order valence-electron chi connectivity index (χ0n) is 13.0. The van der Waals surface area contributed by atoms with E-state index < -0.39 is 0 Å². The van der Waals surface area contributed by atoms with Gasteiger partial charge in [0, 0.05) is 24.0 Å². The predicted molar refractivity (Wildman–Crippen MR) is 92.9 cm³/mol. The molecular weight excluding hydrogens is 316 g/mol. The van der Waals surface area contributed by atoms with Gasteiger partial charge in [0.15, 0.2) is 0 Å². The number of benzene rings is 1. The highest BCUT2D eigenvalue weighted by atomic mass is 35.5. The predicted octanol–water partition coefficient (Wildman–Crippen LogP) is 3.67. The van der Waals surface area contributed by atoms with E-state index in [0.29, 0.717) is 16.6 Å². The molecule has 1 amide bonds. The van der Waals surface area contributed by atoms with Gasteiger partial charge in [-0.15, -0.1) is 11.8 Å². The fourth-order valence-electron chi connectivity index (χ4n) is 2.91. The Hall–Kier alpha value is -0.710. The summed E-state index contributed by atoms with van der Waals surface area (Å²) >= 11 is 7.85. The average molecular weight is 339 g/mol. The minimum Gasteiger partial charge on any atom is -0.338 e. The van der Waals surface area contributed by atoms with Gasteiger partial charge in [0.1, 0.15) is 0 Å². The first-order valence-corrected chi connectivity index (χ1v) is 9.64. The summed E-state index contributed by atoms with van der Waals surface area (Å²) in [5, 5.41) is 4.20. The minimum atomic E-state index is 0.0709. The van der Waals surface area contributed by atoms with Crippen LogP contribution in [0.3, 0.4) is 0 Å². The van der Waals surface area contributed by atoms with Crippen LogP contribution in [0.1, 0.15) is 36.0 Å². The SMILES string of the molecule is CSc1ccc(Cl)c(C(=O)N2CCC(NCC3CC3)CC2)c1. The van der Waals surface area contributed by atoms with Crippen molar-refractivity contribution in [1.82, 2.24) is 10.2 Å². The maximum Gasteiger partial charge on any atom is 0.255 e. The third-order valence-electron chi connectivity index (χ3n) is 4.58. The zero-order valence-corrected chi connectivity index (χ0v) is 14.6. The average Bonchev–Trinajstić information content (AvgIpc) is 3.38. The number of carbonyl (C=O) groups excluding carboxylic acids is 1. The molecule has 2 aliphatic rings. The molecule has 1 N–H and O–H groups in total. The van der Waals surface area contributed by atoms with Crippen LogP contribution in [-0.4, -0.2) is 42.7 Å². The van der Waals surface area contributed by atoms with Crippen LogP contribution >= 0.6 is 23.4 Å². The van der Waals surface area contributed by atoms with E-state index >= 15 is 0 Å². The van der Waals surface area contributed by atoms with Crippen molar-refractivity contribution in [3.05, 3.63) is 28.8 Å². The number of nitrogens with zero attached hydrogens (tertiary/aromatic N) is 1. The summed E-state index contributed by atoms with van der Waals surface area (Å²) in [6.07, 6.45) is 6.86. The Kier molecular flexibility index (Phi) is 5.32. The van der Waals surface area contributed by atoms with Gasteiger partial charge < -0.3 is 10.2 Å². The van der Waals surface area contributed by atoms with Gasteiger partial charge in [-0.2, -0.15) is 0 Å². The lowest BCUT2D eigenvalue weighted by Gasteiger charge is -2.33. The summed E-state index contributed by atoms with van der Waals surface area (Å²) in [6.45, 7) is 2.79. The lowest BCUT2D eigenvalue weighted by Crippen LogP contribution is -2.45. The van der Waals surface area contributed by atoms with E-state index in [2.05, 4.69) is 5.32 Å². The van der Waals surface area contributed by atoms with Crippen LogP contribution in [0.25, 0.3) is 0 Å². The second-order valence-corrected chi connectivity index (χ2v) is 7.55. The molecule has 0 atom stereocenters. The number of carbonyl (C=O) groups is 1. The number of likely N-dealkylation sites (tertiary alicyclic amines) is 1. The summed E-state index contributed by atoms with van der Waals surface area (Å²) in [7, 11) is 0. The normalized spacial score (nSPS) is 19.5. The van der Waals surface area contributed by atoms with Gasteiger partial charge in [-0.3, -0.25) is 4.79 Å². The minimum absolute atomic E-state index is 0.0709. The summed E-state index contributed by atoms with van der Waals surface area (Å²) < 4.78 is 0. The molecule has 0 radical (unpaired) electrons. The lowest BCUT2D eigenvalue weighted by molar-refractivity contribution is 0.0705. The number of hydrogen-bond acceptors (Lipinski definition) is 3. The van der Waals surface area contributed by atoms with Crippen LogP contribution in [0.5, 0.6) is 0 Å². The van der Waals surface area contributed by atoms with Crippen molar-refractivity contribution in [2.24, 2.45) is 5.92 Å². The van der Waals surface area contributed by atoms with E-state index in [9.17, 15) is 4.79 Å². The van der Waals surface area contributed by atoms with Crippen molar-refractivity contribution in [2.75, 3.05) is 25.9 Å². The van der Waals surface area contributed by atoms with Gasteiger partial charge in [-0.1, -0.05) is 11.6 Å². The quantitative estimate of drug-likeness (QED) is 0.831. The molecule has 0 unspecified atom stereocenters. The Bertz CT molecular complexity index is 539. The van der Waals surface area contributed by atoms with Gasteiger partial charge >= 0.3 is 0 Å². The van der Waals surface area contributed by atoms with E-state index in [1.54, 1.807) is 11.8 Å². The van der Waals surface area contributed by atoms with Gasteiger partial charge in [0.2, 0.25) is 0 Å². The van der Waals surface area contributed by atoms with Crippen LogP contribution in [0.4, 0.5) is 0 Å². The summed E-state index contributed by atoms with van der Waals surface area (Å²) in [5.74, 6) is 0.981. The van der Waals surface area contributed by atoms with E-state index in [0.717, 1.165) is 43.3 Å². The Balaban J connectivity index is 1.56. The Morgan fingerprint density at radius 1 is 1.32 bits per heavy atom. The second kappa shape index (κ2) is 7.24. The molecule has 1 aromatic rings. The molecule has 22 heavy (non-hydrogen) atoms. The number of rotatable bonds is 5. The molecule has 5 heteroatoms. The number of halogens is 1. The largest absolute Gasteiger partial charge is 0.338 e. The van der Waals surface area contributed by atoms with Crippen molar-refractivity contribution < 1.29 is 4.79 Å². The molecule has 1 aliphatic heterocycles. The zero-order chi connectivity index (χ0) is 15.5. The molecule has 3 rings (SSSR count). The third kappa shape index (κ3) is 3.98. The Morgan fingerprint density at radius 3 is 2.68 bits per heavy atom. The maximum absolute atomic E-state index is 12.7. The van der Waals surface area contributed by atoms with Gasteiger partial charge in [0.05, 0.1) is 10.6 Å². The van der Waals surface area contributed by atoms with Crippen LogP contribution in [0, 0.1) is 5.92 Å². The summed E-state index contributed by atoms with van der Waals surface area (Å²) in [4.78, 5) is 15.7. The van der Waals surface area contributed by atoms with E-state index in [-0.39, 0.29) is 5.91 Å². The fraction of sp³-hybridized carbons (Fsp3) is 0.588. The van der Waals surface area contributed by atoms with Crippen LogP contribution < -0.4 is 5.32 Å². The van der Waals surface area contributed by atoms with Crippen molar-refractivity contribution in [3.63, 3.8) is 0 Å². The fourth-order valence-corrected chi connectivity index (χ4v) is 3.55. The van der Waals surface area contributed by atoms with Gasteiger partial charge in [0.25, 0.3) is 5.91 Å². The number of thioether (sulfide) groups is 1. The molecule has 1 heterocycles. The van der Waals surface area contributed by atoms with E-state index in [4.69, 9.17) is 11.6 Å². The molecule has 120 valence electrons. The standard InChI is InChI=1S/C17H23ClN2OS/c1-22-14-4-5-16(18)15(10-14)17(21)20-8-6-13(7-9-20)19-11-12-2-3-12/h4-5,10,12-13,19H,2-3,6-9,11H2,1H3. The molecule has 3 nitrogen and oxygen atoms in total. The number of hydrogen-bond donors (Lipinski definition) is 1. The molecule has 1 aromatic carbocycles. The third-order valence-corrected chi connectivity index (χ3v) is 5.63. The number of amides is 1. The number of nitrogens with one attached hydrogen (secondary N) is 1. The number of piperidine rings is 1. The summed E-state index contributed by atoms with van der Waals surface area (Å²) in [5.41, 5.74) is 0.637. The molecule has 1 saturated heterocycles. The van der Waals surface area contributed by atoms with Crippen LogP contribution in [0.15, 0.2) is 23.1 Å². The molecule has 0 spiro atoms. The molecule has 1 saturated carbocycles. The summed E-state index contributed by atoms with van der Waals surface area (Å²) in [6, 6.07) is 6.26. The second-order valence-electron chi connectivity index (χ2n) is 6.26. The first kappa shape index (κ1) is 16.2. The van der Waals surface area contributed by atoms with Crippen LogP contribution in [-0.2, 0) is 0 Å².